The molecule has 11 nitrogen and oxygen atoms in total. The first-order valence-electron chi connectivity index (χ1n) is 9.79. The largest absolute Gasteiger partial charge is 0.379 e. The van der Waals surface area contributed by atoms with Gasteiger partial charge in [-0.2, -0.15) is 0 Å². The van der Waals surface area contributed by atoms with Crippen molar-refractivity contribution in [2.45, 2.75) is 39.7 Å². The molecule has 0 aromatic heterocycles. The summed E-state index contributed by atoms with van der Waals surface area (Å²) in [7, 11) is 0. The molecule has 0 saturated carbocycles. The fraction of sp³-hybridized carbons (Fsp3) is 0.833. The Balaban J connectivity index is 4.20. The van der Waals surface area contributed by atoms with Gasteiger partial charge in [0.05, 0.1) is 32.5 Å². The summed E-state index contributed by atoms with van der Waals surface area (Å²) in [4.78, 5) is 39.2. The molecule has 0 aliphatic heterocycles. The van der Waals surface area contributed by atoms with Gasteiger partial charge < -0.3 is 25.8 Å². The number of amides is 2. The summed E-state index contributed by atoms with van der Waals surface area (Å²) >= 11 is 0. The Kier molecular flexibility index (Phi) is 15.5. The van der Waals surface area contributed by atoms with Crippen molar-refractivity contribution in [3.05, 3.63) is 10.4 Å². The molecule has 11 heteroatoms. The summed E-state index contributed by atoms with van der Waals surface area (Å²) in [5, 5.41) is 8.72. The Morgan fingerprint density at radius 3 is 2.34 bits per heavy atom. The number of Topliss-reactive ketones (excluding diaryl/α,β-unsaturated/α-hetero) is 1. The molecule has 2 atom stereocenters. The molecule has 0 rings (SSSR count). The van der Waals surface area contributed by atoms with Crippen molar-refractivity contribution in [1.29, 1.82) is 0 Å². The first-order valence-corrected chi connectivity index (χ1v) is 9.79. The summed E-state index contributed by atoms with van der Waals surface area (Å²) in [6, 6.07) is -0.656. The molecule has 0 spiro atoms. The summed E-state index contributed by atoms with van der Waals surface area (Å²) in [6.07, 6.45) is 0.158. The lowest BCUT2D eigenvalue weighted by molar-refractivity contribution is -0.132. The number of carbonyl (C=O) groups is 3. The molecular weight excluding hydrogens is 380 g/mol. The van der Waals surface area contributed by atoms with Crippen LogP contribution in [0.2, 0.25) is 0 Å². The Labute approximate surface area is 171 Å². The summed E-state index contributed by atoms with van der Waals surface area (Å²) in [5.74, 6) is -1.29. The number of ether oxygens (including phenoxy) is 2. The molecule has 0 unspecified atom stereocenters. The number of azide groups is 1. The van der Waals surface area contributed by atoms with E-state index in [2.05, 4.69) is 20.7 Å². The van der Waals surface area contributed by atoms with Gasteiger partial charge in [0.2, 0.25) is 11.8 Å². The highest BCUT2D eigenvalue weighted by Crippen LogP contribution is 2.11. The van der Waals surface area contributed by atoms with Crippen LogP contribution in [0.4, 0.5) is 0 Å². The van der Waals surface area contributed by atoms with E-state index in [1.54, 1.807) is 6.92 Å². The van der Waals surface area contributed by atoms with E-state index in [0.29, 0.717) is 32.9 Å². The van der Waals surface area contributed by atoms with Crippen LogP contribution in [0.5, 0.6) is 0 Å². The standard InChI is InChI=1S/C18H34N6O5/c1-13(2)17(15(25)12-14(3)18(27)21-6-5-19)23-16(26)4-8-28-10-11-29-9-7-22-24-20/h13-14,17H,4-12,19H2,1-3H3,(H,21,27)(H,23,26)/t14-,17+/m1/s1. The fourth-order valence-electron chi connectivity index (χ4n) is 2.39. The Morgan fingerprint density at radius 1 is 1.10 bits per heavy atom. The number of nitrogens with one attached hydrogen (secondary N) is 2. The third kappa shape index (κ3) is 13.6. The zero-order valence-electron chi connectivity index (χ0n) is 17.6. The molecule has 0 saturated heterocycles. The van der Waals surface area contributed by atoms with Crippen molar-refractivity contribution in [3.8, 4) is 0 Å². The van der Waals surface area contributed by atoms with Gasteiger partial charge in [-0.25, -0.2) is 0 Å². The molecule has 0 aromatic carbocycles. The van der Waals surface area contributed by atoms with Gasteiger partial charge in [-0.05, 0) is 11.4 Å². The number of ketones is 1. The molecular formula is C18H34N6O5. The maximum absolute atomic E-state index is 12.5. The van der Waals surface area contributed by atoms with Crippen LogP contribution in [0.15, 0.2) is 5.11 Å². The third-order valence-corrected chi connectivity index (χ3v) is 3.97. The van der Waals surface area contributed by atoms with E-state index in [1.807, 2.05) is 13.8 Å². The van der Waals surface area contributed by atoms with Gasteiger partial charge in [0.25, 0.3) is 0 Å². The van der Waals surface area contributed by atoms with Crippen molar-refractivity contribution in [3.63, 3.8) is 0 Å². The molecule has 0 fully saturated rings. The number of rotatable bonds is 17. The van der Waals surface area contributed by atoms with Crippen molar-refractivity contribution in [2.75, 3.05) is 46.1 Å². The highest BCUT2D eigenvalue weighted by atomic mass is 16.5. The van der Waals surface area contributed by atoms with E-state index in [0.717, 1.165) is 0 Å². The SMILES string of the molecule is CC(C)[C@H](NC(=O)CCOCCOCCN=[N+]=[N-])C(=O)C[C@@H](C)C(=O)NCCN. The molecule has 0 aliphatic rings. The molecule has 0 heterocycles. The molecule has 4 N–H and O–H groups in total. The Morgan fingerprint density at radius 2 is 1.76 bits per heavy atom. The first-order chi connectivity index (χ1) is 13.8. The second kappa shape index (κ2) is 16.7. The number of carbonyl (C=O) groups excluding carboxylic acids is 3. The predicted octanol–water partition coefficient (Wildman–Crippen LogP) is 0.531. The highest BCUT2D eigenvalue weighted by molar-refractivity contribution is 5.92. The van der Waals surface area contributed by atoms with E-state index in [9.17, 15) is 14.4 Å². The van der Waals surface area contributed by atoms with E-state index >= 15 is 0 Å². The van der Waals surface area contributed by atoms with Crippen molar-refractivity contribution in [2.24, 2.45) is 22.7 Å². The highest BCUT2D eigenvalue weighted by Gasteiger charge is 2.27. The quantitative estimate of drug-likeness (QED) is 0.136. The summed E-state index contributed by atoms with van der Waals surface area (Å²) in [6.45, 7) is 7.46. The van der Waals surface area contributed by atoms with E-state index in [-0.39, 0.29) is 49.5 Å². The number of hydrogen-bond acceptors (Lipinski definition) is 7. The van der Waals surface area contributed by atoms with Crippen LogP contribution in [0, 0.1) is 11.8 Å². The smallest absolute Gasteiger partial charge is 0.223 e. The van der Waals surface area contributed by atoms with Gasteiger partial charge in [-0.1, -0.05) is 25.9 Å². The zero-order valence-corrected chi connectivity index (χ0v) is 17.6. The molecule has 0 aromatic rings. The minimum atomic E-state index is -0.656. The normalized spacial score (nSPS) is 12.7. The van der Waals surface area contributed by atoms with E-state index in [1.165, 1.54) is 0 Å². The molecule has 2 amide bonds. The molecule has 0 aliphatic carbocycles. The van der Waals surface area contributed by atoms with Crippen LogP contribution < -0.4 is 16.4 Å². The predicted molar refractivity (Wildman–Crippen MR) is 108 cm³/mol. The average molecular weight is 415 g/mol. The van der Waals surface area contributed by atoms with Crippen LogP contribution in [-0.2, 0) is 23.9 Å². The average Bonchev–Trinajstić information content (AvgIpc) is 2.68. The van der Waals surface area contributed by atoms with Crippen LogP contribution >= 0.6 is 0 Å². The summed E-state index contributed by atoms with van der Waals surface area (Å²) in [5.41, 5.74) is 13.5. The third-order valence-electron chi connectivity index (χ3n) is 3.97. The van der Waals surface area contributed by atoms with Gasteiger partial charge in [0, 0.05) is 43.3 Å². The molecule has 29 heavy (non-hydrogen) atoms. The molecule has 0 radical (unpaired) electrons. The van der Waals surface area contributed by atoms with Gasteiger partial charge in [-0.15, -0.1) is 0 Å². The van der Waals surface area contributed by atoms with Crippen LogP contribution in [0.25, 0.3) is 10.4 Å². The maximum Gasteiger partial charge on any atom is 0.223 e. The van der Waals surface area contributed by atoms with Crippen LogP contribution in [0.1, 0.15) is 33.6 Å². The Hall–Kier alpha value is -2.20. The van der Waals surface area contributed by atoms with E-state index in [4.69, 9.17) is 20.7 Å². The second-order valence-electron chi connectivity index (χ2n) is 6.87. The van der Waals surface area contributed by atoms with Crippen molar-refractivity contribution >= 4 is 17.6 Å². The minimum absolute atomic E-state index is 0.0449. The minimum Gasteiger partial charge on any atom is -0.379 e. The van der Waals surface area contributed by atoms with Gasteiger partial charge in [0.1, 0.15) is 0 Å². The molecule has 166 valence electrons. The van der Waals surface area contributed by atoms with Gasteiger partial charge >= 0.3 is 0 Å². The first kappa shape index (κ1) is 26.8. The topological polar surface area (TPSA) is 169 Å². The number of nitrogens with two attached hydrogens (primary N) is 1. The monoisotopic (exact) mass is 414 g/mol. The number of hydrogen-bond donors (Lipinski definition) is 3. The van der Waals surface area contributed by atoms with Crippen LogP contribution in [-0.4, -0.2) is 69.7 Å². The lowest BCUT2D eigenvalue weighted by atomic mass is 9.92. The van der Waals surface area contributed by atoms with Gasteiger partial charge in [0.15, 0.2) is 5.78 Å². The second-order valence-corrected chi connectivity index (χ2v) is 6.87. The van der Waals surface area contributed by atoms with Gasteiger partial charge in [-0.3, -0.25) is 14.4 Å². The number of nitrogens with zero attached hydrogens (tertiary/aromatic N) is 3. The fourth-order valence-corrected chi connectivity index (χ4v) is 2.39. The van der Waals surface area contributed by atoms with E-state index < -0.39 is 12.0 Å². The van der Waals surface area contributed by atoms with Crippen molar-refractivity contribution < 1.29 is 23.9 Å². The summed E-state index contributed by atoms with van der Waals surface area (Å²) < 4.78 is 10.5. The lowest BCUT2D eigenvalue weighted by Gasteiger charge is -2.22. The zero-order chi connectivity index (χ0) is 22.1. The Bertz CT molecular complexity index is 551. The van der Waals surface area contributed by atoms with Crippen LogP contribution in [0.3, 0.4) is 0 Å². The maximum atomic E-state index is 12.5. The molecule has 0 bridgehead atoms. The van der Waals surface area contributed by atoms with Crippen molar-refractivity contribution in [1.82, 2.24) is 10.6 Å². The lowest BCUT2D eigenvalue weighted by Crippen LogP contribution is -2.46.